The summed E-state index contributed by atoms with van der Waals surface area (Å²) in [5.74, 6) is -0.608. The van der Waals surface area contributed by atoms with E-state index in [0.29, 0.717) is 13.0 Å². The number of amides is 1. The number of nitrogens with zero attached hydrogens (tertiary/aromatic N) is 1. The van der Waals surface area contributed by atoms with Crippen molar-refractivity contribution in [2.24, 2.45) is 5.41 Å². The predicted octanol–water partition coefficient (Wildman–Crippen LogP) is 2.85. The topological polar surface area (TPSA) is 57.6 Å². The Hall–Kier alpha value is -1.84. The highest BCUT2D eigenvalue weighted by molar-refractivity contribution is 5.76. The molecule has 4 heteroatoms. The molecule has 1 aromatic carbocycles. The van der Waals surface area contributed by atoms with Crippen molar-refractivity contribution in [3.05, 3.63) is 35.4 Å². The van der Waals surface area contributed by atoms with Gasteiger partial charge in [0.05, 0.1) is 6.42 Å². The molecule has 21 heavy (non-hydrogen) atoms. The highest BCUT2D eigenvalue weighted by Gasteiger charge is 2.27. The molecule has 4 nitrogen and oxygen atoms in total. The highest BCUT2D eigenvalue weighted by atomic mass is 16.4. The number of carboxylic acid groups (broad SMARTS) is 1. The normalized spacial score (nSPS) is 18.4. The van der Waals surface area contributed by atoms with Crippen LogP contribution in [0.5, 0.6) is 0 Å². The molecule has 0 saturated carbocycles. The zero-order valence-corrected chi connectivity index (χ0v) is 12.8. The molecule has 0 bridgehead atoms. The van der Waals surface area contributed by atoms with Gasteiger partial charge in [-0.2, -0.15) is 0 Å². The molecule has 1 amide bonds. The number of benzene rings is 1. The summed E-state index contributed by atoms with van der Waals surface area (Å²) in [5.41, 5.74) is 2.07. The van der Waals surface area contributed by atoms with Crippen molar-refractivity contribution in [1.82, 2.24) is 4.90 Å². The van der Waals surface area contributed by atoms with E-state index in [0.717, 1.165) is 30.5 Å². The summed E-state index contributed by atoms with van der Waals surface area (Å²) < 4.78 is 0. The second-order valence-corrected chi connectivity index (χ2v) is 6.62. The first kappa shape index (κ1) is 15.5. The zero-order chi connectivity index (χ0) is 15.5. The van der Waals surface area contributed by atoms with E-state index in [1.807, 2.05) is 29.2 Å². The molecule has 1 fully saturated rings. The second kappa shape index (κ2) is 6.29. The van der Waals surface area contributed by atoms with E-state index in [1.165, 1.54) is 0 Å². The van der Waals surface area contributed by atoms with E-state index in [4.69, 9.17) is 5.11 Å². The van der Waals surface area contributed by atoms with E-state index in [-0.39, 0.29) is 17.7 Å². The number of hydrogen-bond acceptors (Lipinski definition) is 2. The molecule has 0 atom stereocenters. The van der Waals surface area contributed by atoms with Gasteiger partial charge in [0.25, 0.3) is 0 Å². The van der Waals surface area contributed by atoms with Crippen LogP contribution in [0, 0.1) is 5.41 Å². The molecule has 1 aliphatic rings. The van der Waals surface area contributed by atoms with Gasteiger partial charge in [-0.3, -0.25) is 9.59 Å². The van der Waals surface area contributed by atoms with E-state index < -0.39 is 5.97 Å². The van der Waals surface area contributed by atoms with Crippen molar-refractivity contribution in [3.8, 4) is 0 Å². The van der Waals surface area contributed by atoms with Gasteiger partial charge in [-0.1, -0.05) is 38.1 Å². The Labute approximate surface area is 125 Å². The molecule has 0 spiro atoms. The van der Waals surface area contributed by atoms with Crippen LogP contribution in [0.2, 0.25) is 0 Å². The van der Waals surface area contributed by atoms with Crippen LogP contribution in [0.25, 0.3) is 0 Å². The molecular weight excluding hydrogens is 266 g/mol. The van der Waals surface area contributed by atoms with Crippen molar-refractivity contribution in [3.63, 3.8) is 0 Å². The third-order valence-corrected chi connectivity index (χ3v) is 4.18. The summed E-state index contributed by atoms with van der Waals surface area (Å²) in [6.07, 6.45) is 2.62. The van der Waals surface area contributed by atoms with Gasteiger partial charge in [-0.15, -0.1) is 0 Å². The van der Waals surface area contributed by atoms with Gasteiger partial charge >= 0.3 is 5.97 Å². The Morgan fingerprint density at radius 1 is 1.19 bits per heavy atom. The molecule has 1 heterocycles. The van der Waals surface area contributed by atoms with Crippen molar-refractivity contribution in [2.75, 3.05) is 6.54 Å². The van der Waals surface area contributed by atoms with Gasteiger partial charge in [-0.05, 0) is 29.4 Å². The minimum Gasteiger partial charge on any atom is -0.481 e. The summed E-state index contributed by atoms with van der Waals surface area (Å²) in [6, 6.07) is 7.49. The summed E-state index contributed by atoms with van der Waals surface area (Å²) in [6.45, 7) is 5.83. The van der Waals surface area contributed by atoms with E-state index in [2.05, 4.69) is 13.8 Å². The maximum atomic E-state index is 12.2. The lowest BCUT2D eigenvalue weighted by Crippen LogP contribution is -2.30. The second-order valence-electron chi connectivity index (χ2n) is 6.62. The summed E-state index contributed by atoms with van der Waals surface area (Å²) >= 11 is 0. The molecule has 0 aliphatic carbocycles. The van der Waals surface area contributed by atoms with Gasteiger partial charge in [0, 0.05) is 19.5 Å². The molecule has 1 aromatic rings. The Bertz CT molecular complexity index is 519. The molecule has 2 rings (SSSR count). The molecule has 0 unspecified atom stereocenters. The smallest absolute Gasteiger partial charge is 0.307 e. The average Bonchev–Trinajstić information content (AvgIpc) is 2.53. The Morgan fingerprint density at radius 3 is 2.43 bits per heavy atom. The standard InChI is InChI=1S/C17H23NO3/c1-17(2)8-7-15(19)18(10-9-17)12-14-5-3-13(4-6-14)11-16(20)21/h3-6H,7-12H2,1-2H3,(H,20,21). The number of rotatable bonds is 4. The van der Waals surface area contributed by atoms with Crippen LogP contribution in [0.4, 0.5) is 0 Å². The first-order valence-corrected chi connectivity index (χ1v) is 7.43. The molecular formula is C17H23NO3. The fourth-order valence-electron chi connectivity index (χ4n) is 2.62. The minimum absolute atomic E-state index is 0.0388. The fraction of sp³-hybridized carbons (Fsp3) is 0.529. The largest absolute Gasteiger partial charge is 0.481 e. The first-order chi connectivity index (χ1) is 9.85. The van der Waals surface area contributed by atoms with Crippen LogP contribution < -0.4 is 0 Å². The Morgan fingerprint density at radius 2 is 1.81 bits per heavy atom. The van der Waals surface area contributed by atoms with Crippen molar-refractivity contribution < 1.29 is 14.7 Å². The third-order valence-electron chi connectivity index (χ3n) is 4.18. The molecule has 1 N–H and O–H groups in total. The van der Waals surface area contributed by atoms with Crippen LogP contribution in [0.3, 0.4) is 0 Å². The minimum atomic E-state index is -0.826. The first-order valence-electron chi connectivity index (χ1n) is 7.43. The maximum Gasteiger partial charge on any atom is 0.307 e. The van der Waals surface area contributed by atoms with Gasteiger partial charge in [-0.25, -0.2) is 0 Å². The lowest BCUT2D eigenvalue weighted by molar-refractivity contribution is -0.136. The number of aliphatic carboxylic acids is 1. The fourth-order valence-corrected chi connectivity index (χ4v) is 2.62. The molecule has 0 radical (unpaired) electrons. The van der Waals surface area contributed by atoms with Gasteiger partial charge in [0.1, 0.15) is 0 Å². The summed E-state index contributed by atoms with van der Waals surface area (Å²) in [4.78, 5) is 24.7. The molecule has 1 saturated heterocycles. The monoisotopic (exact) mass is 289 g/mol. The highest BCUT2D eigenvalue weighted by Crippen LogP contribution is 2.30. The van der Waals surface area contributed by atoms with Crippen molar-refractivity contribution >= 4 is 11.9 Å². The lowest BCUT2D eigenvalue weighted by Gasteiger charge is -2.23. The number of hydrogen-bond donors (Lipinski definition) is 1. The van der Waals surface area contributed by atoms with Crippen LogP contribution in [-0.2, 0) is 22.6 Å². The maximum absolute atomic E-state index is 12.2. The number of carbonyl (C=O) groups is 2. The predicted molar refractivity (Wildman–Crippen MR) is 80.8 cm³/mol. The van der Waals surface area contributed by atoms with Crippen LogP contribution in [-0.4, -0.2) is 28.4 Å². The van der Waals surface area contributed by atoms with E-state index >= 15 is 0 Å². The van der Waals surface area contributed by atoms with Crippen LogP contribution in [0.1, 0.15) is 44.2 Å². The van der Waals surface area contributed by atoms with Crippen molar-refractivity contribution in [1.29, 1.82) is 0 Å². The van der Waals surface area contributed by atoms with Gasteiger partial charge in [0.2, 0.25) is 5.91 Å². The molecule has 114 valence electrons. The lowest BCUT2D eigenvalue weighted by atomic mass is 9.85. The quantitative estimate of drug-likeness (QED) is 0.927. The number of carbonyl (C=O) groups excluding carboxylic acids is 1. The number of carboxylic acids is 1. The van der Waals surface area contributed by atoms with Gasteiger partial charge < -0.3 is 10.0 Å². The molecule has 1 aliphatic heterocycles. The van der Waals surface area contributed by atoms with E-state index in [1.54, 1.807) is 0 Å². The van der Waals surface area contributed by atoms with Crippen LogP contribution >= 0.6 is 0 Å². The summed E-state index contributed by atoms with van der Waals surface area (Å²) in [5, 5.41) is 8.76. The average molecular weight is 289 g/mol. The van der Waals surface area contributed by atoms with Gasteiger partial charge in [0.15, 0.2) is 0 Å². The van der Waals surface area contributed by atoms with E-state index in [9.17, 15) is 9.59 Å². The molecule has 0 aromatic heterocycles. The Balaban J connectivity index is 2.00. The number of likely N-dealkylation sites (tertiary alicyclic amines) is 1. The van der Waals surface area contributed by atoms with Crippen LogP contribution in [0.15, 0.2) is 24.3 Å². The zero-order valence-electron chi connectivity index (χ0n) is 12.8. The summed E-state index contributed by atoms with van der Waals surface area (Å²) in [7, 11) is 0. The Kier molecular flexibility index (Phi) is 4.66. The SMILES string of the molecule is CC1(C)CCC(=O)N(Cc2ccc(CC(=O)O)cc2)CC1. The van der Waals surface area contributed by atoms with Crippen molar-refractivity contribution in [2.45, 2.75) is 46.1 Å². The third kappa shape index (κ3) is 4.59.